The second kappa shape index (κ2) is 5.86. The number of nitrogens with one attached hydrogen (secondary N) is 1. The number of allylic oxidation sites excluding steroid dienone is 1. The Labute approximate surface area is 106 Å². The summed E-state index contributed by atoms with van der Waals surface area (Å²) in [6.45, 7) is 5.03. The Balaban J connectivity index is 2.96. The maximum absolute atomic E-state index is 11.9. The Hall–Kier alpha value is -2.30. The Morgan fingerprint density at radius 3 is 2.17 bits per heavy atom. The van der Waals surface area contributed by atoms with Crippen molar-refractivity contribution in [3.8, 4) is 0 Å². The minimum Gasteiger partial charge on any atom is -0.399 e. The van der Waals surface area contributed by atoms with Crippen molar-refractivity contribution in [3.05, 3.63) is 36.0 Å². The van der Waals surface area contributed by atoms with E-state index in [2.05, 4.69) is 5.32 Å². The van der Waals surface area contributed by atoms with E-state index in [0.717, 1.165) is 10.5 Å². The van der Waals surface area contributed by atoms with E-state index in [1.54, 1.807) is 30.5 Å². The highest BCUT2D eigenvalue weighted by Gasteiger charge is 2.18. The van der Waals surface area contributed by atoms with Gasteiger partial charge in [-0.1, -0.05) is 5.57 Å². The predicted octanol–water partition coefficient (Wildman–Crippen LogP) is 2.26. The fourth-order valence-electron chi connectivity index (χ4n) is 1.34. The molecule has 18 heavy (non-hydrogen) atoms. The first kappa shape index (κ1) is 13.8. The summed E-state index contributed by atoms with van der Waals surface area (Å²) in [5.74, 6) is -0.362. The molecule has 5 nitrogen and oxygen atoms in total. The third kappa shape index (κ3) is 3.62. The molecule has 0 aromatic heterocycles. The molecule has 1 aromatic rings. The first-order valence-electron chi connectivity index (χ1n) is 5.52. The van der Waals surface area contributed by atoms with Gasteiger partial charge in [0.05, 0.1) is 5.69 Å². The van der Waals surface area contributed by atoms with Crippen molar-refractivity contribution >= 4 is 23.3 Å². The lowest BCUT2D eigenvalue weighted by atomic mass is 10.2. The Bertz CT molecular complexity index is 474. The Morgan fingerprint density at radius 1 is 1.17 bits per heavy atom. The van der Waals surface area contributed by atoms with Crippen molar-refractivity contribution in [1.29, 1.82) is 0 Å². The first-order valence-corrected chi connectivity index (χ1v) is 5.52. The molecule has 1 rings (SSSR count). The van der Waals surface area contributed by atoms with Crippen LogP contribution in [0.25, 0.3) is 0 Å². The molecule has 0 saturated heterocycles. The maximum atomic E-state index is 11.9. The summed E-state index contributed by atoms with van der Waals surface area (Å²) in [6, 6.07) is 6.03. The van der Waals surface area contributed by atoms with Crippen LogP contribution in [-0.4, -0.2) is 11.9 Å². The summed E-state index contributed by atoms with van der Waals surface area (Å²) in [4.78, 5) is 24.5. The largest absolute Gasteiger partial charge is 0.399 e. The van der Waals surface area contributed by atoms with Gasteiger partial charge in [-0.05, 0) is 38.1 Å². The van der Waals surface area contributed by atoms with Crippen LogP contribution >= 0.6 is 0 Å². The molecule has 0 spiro atoms. The van der Waals surface area contributed by atoms with E-state index in [0.29, 0.717) is 11.4 Å². The second-order valence-electron chi connectivity index (χ2n) is 4.12. The van der Waals surface area contributed by atoms with E-state index in [1.807, 2.05) is 13.8 Å². The van der Waals surface area contributed by atoms with Crippen molar-refractivity contribution in [2.24, 2.45) is 0 Å². The minimum atomic E-state index is -0.492. The number of benzene rings is 1. The number of carbonyl (C=O) groups excluding carboxylic acids is 2. The second-order valence-corrected chi connectivity index (χ2v) is 4.12. The summed E-state index contributed by atoms with van der Waals surface area (Å²) in [5.41, 5.74) is 7.56. The van der Waals surface area contributed by atoms with Gasteiger partial charge in [0, 0.05) is 18.8 Å². The normalized spacial score (nSPS) is 9.50. The van der Waals surface area contributed by atoms with Crippen molar-refractivity contribution in [2.45, 2.75) is 20.8 Å². The van der Waals surface area contributed by atoms with E-state index in [9.17, 15) is 9.59 Å². The Morgan fingerprint density at radius 2 is 1.72 bits per heavy atom. The number of nitrogens with zero attached hydrogens (tertiary/aromatic N) is 1. The van der Waals surface area contributed by atoms with Crippen molar-refractivity contribution in [3.63, 3.8) is 0 Å². The smallest absolute Gasteiger partial charge is 0.332 e. The lowest BCUT2D eigenvalue weighted by Gasteiger charge is -2.18. The molecular weight excluding hydrogens is 230 g/mol. The monoisotopic (exact) mass is 247 g/mol. The maximum Gasteiger partial charge on any atom is 0.332 e. The van der Waals surface area contributed by atoms with Gasteiger partial charge in [-0.25, -0.2) is 9.69 Å². The quantitative estimate of drug-likeness (QED) is 0.787. The lowest BCUT2D eigenvalue weighted by molar-refractivity contribution is -0.115. The number of hydrogen-bond donors (Lipinski definition) is 2. The molecule has 0 aliphatic rings. The van der Waals surface area contributed by atoms with Crippen LogP contribution in [0.1, 0.15) is 20.8 Å². The molecule has 0 heterocycles. The van der Waals surface area contributed by atoms with Crippen LogP contribution in [0.2, 0.25) is 0 Å². The molecule has 0 saturated carbocycles. The number of urea groups is 1. The number of hydrogen-bond acceptors (Lipinski definition) is 3. The van der Waals surface area contributed by atoms with Gasteiger partial charge in [0.1, 0.15) is 0 Å². The average Bonchev–Trinajstić information content (AvgIpc) is 2.29. The van der Waals surface area contributed by atoms with Gasteiger partial charge in [-0.15, -0.1) is 0 Å². The summed E-state index contributed by atoms with van der Waals surface area (Å²) in [5, 5.41) is 2.55. The molecule has 3 amide bonds. The number of imide groups is 1. The van der Waals surface area contributed by atoms with Crippen LogP contribution in [0.5, 0.6) is 0 Å². The molecule has 0 bridgehead atoms. The number of amides is 3. The number of nitrogen functional groups attached to an aromatic ring is 1. The van der Waals surface area contributed by atoms with E-state index in [1.165, 1.54) is 6.92 Å². The minimum absolute atomic E-state index is 0.362. The number of anilines is 2. The molecule has 1 aromatic carbocycles. The summed E-state index contributed by atoms with van der Waals surface area (Å²) < 4.78 is 0. The van der Waals surface area contributed by atoms with Crippen molar-refractivity contribution < 1.29 is 9.59 Å². The molecule has 3 N–H and O–H groups in total. The average molecular weight is 247 g/mol. The molecule has 5 heteroatoms. The number of carbonyl (C=O) groups is 2. The van der Waals surface area contributed by atoms with Crippen LogP contribution in [0.15, 0.2) is 36.0 Å². The number of nitrogens with two attached hydrogens (primary N) is 1. The van der Waals surface area contributed by atoms with Gasteiger partial charge in [0.15, 0.2) is 0 Å². The van der Waals surface area contributed by atoms with Gasteiger partial charge in [-0.2, -0.15) is 0 Å². The molecule has 0 aliphatic carbocycles. The standard InChI is InChI=1S/C13H17N3O2/c1-9(2)8-15-13(18)16(10(3)17)12-6-4-11(14)5-7-12/h4-8H,14H2,1-3H3,(H,15,18). The zero-order valence-corrected chi connectivity index (χ0v) is 10.7. The zero-order chi connectivity index (χ0) is 13.7. The topological polar surface area (TPSA) is 75.4 Å². The van der Waals surface area contributed by atoms with Crippen LogP contribution in [0.4, 0.5) is 16.2 Å². The van der Waals surface area contributed by atoms with E-state index < -0.39 is 6.03 Å². The van der Waals surface area contributed by atoms with Crippen LogP contribution in [0, 0.1) is 0 Å². The highest BCUT2D eigenvalue weighted by molar-refractivity contribution is 6.13. The van der Waals surface area contributed by atoms with Gasteiger partial charge in [0.25, 0.3) is 0 Å². The lowest BCUT2D eigenvalue weighted by Crippen LogP contribution is -2.41. The van der Waals surface area contributed by atoms with E-state index in [4.69, 9.17) is 5.73 Å². The predicted molar refractivity (Wildman–Crippen MR) is 72.0 cm³/mol. The summed E-state index contributed by atoms with van der Waals surface area (Å²) in [7, 11) is 0. The molecule has 96 valence electrons. The van der Waals surface area contributed by atoms with E-state index in [-0.39, 0.29) is 5.91 Å². The highest BCUT2D eigenvalue weighted by atomic mass is 16.2. The molecule has 0 aliphatic heterocycles. The van der Waals surface area contributed by atoms with Crippen molar-refractivity contribution in [2.75, 3.05) is 10.6 Å². The van der Waals surface area contributed by atoms with Crippen molar-refractivity contribution in [1.82, 2.24) is 5.32 Å². The SMILES string of the molecule is CC(=O)N(C(=O)NC=C(C)C)c1ccc(N)cc1. The zero-order valence-electron chi connectivity index (χ0n) is 10.7. The highest BCUT2D eigenvalue weighted by Crippen LogP contribution is 2.16. The fourth-order valence-corrected chi connectivity index (χ4v) is 1.34. The summed E-state index contributed by atoms with van der Waals surface area (Å²) >= 11 is 0. The van der Waals surface area contributed by atoms with Crippen LogP contribution in [-0.2, 0) is 4.79 Å². The molecule has 0 unspecified atom stereocenters. The number of rotatable bonds is 2. The third-order valence-electron chi connectivity index (χ3n) is 2.15. The third-order valence-corrected chi connectivity index (χ3v) is 2.15. The molecule has 0 fully saturated rings. The molecule has 0 radical (unpaired) electrons. The van der Waals surface area contributed by atoms with Gasteiger partial charge >= 0.3 is 6.03 Å². The first-order chi connectivity index (χ1) is 8.41. The summed E-state index contributed by atoms with van der Waals surface area (Å²) in [6.07, 6.45) is 1.55. The molecule has 0 atom stereocenters. The van der Waals surface area contributed by atoms with Crippen LogP contribution < -0.4 is 16.0 Å². The Kier molecular flexibility index (Phi) is 4.48. The van der Waals surface area contributed by atoms with Gasteiger partial charge in [-0.3, -0.25) is 4.79 Å². The van der Waals surface area contributed by atoms with E-state index >= 15 is 0 Å². The van der Waals surface area contributed by atoms with Crippen LogP contribution in [0.3, 0.4) is 0 Å². The van der Waals surface area contributed by atoms with Gasteiger partial charge in [0.2, 0.25) is 5.91 Å². The van der Waals surface area contributed by atoms with Gasteiger partial charge < -0.3 is 11.1 Å². The fraction of sp³-hybridized carbons (Fsp3) is 0.231. The molecular formula is C13H17N3O2.